The van der Waals surface area contributed by atoms with Gasteiger partial charge in [0, 0.05) is 12.1 Å². The zero-order valence-electron chi connectivity index (χ0n) is 14.2. The van der Waals surface area contributed by atoms with Crippen LogP contribution in [0, 0.1) is 10.1 Å². The summed E-state index contributed by atoms with van der Waals surface area (Å²) >= 11 is 0. The highest BCUT2D eigenvalue weighted by atomic mass is 16.6. The normalized spacial score (nSPS) is 12.0. The van der Waals surface area contributed by atoms with E-state index in [4.69, 9.17) is 0 Å². The monoisotopic (exact) mass is 379 g/mol. The van der Waals surface area contributed by atoms with Gasteiger partial charge in [-0.25, -0.2) is 0 Å². The van der Waals surface area contributed by atoms with Gasteiger partial charge in [0.25, 0.3) is 5.69 Å². The summed E-state index contributed by atoms with van der Waals surface area (Å²) in [5.74, 6) is -0.294. The minimum atomic E-state index is -0.742. The average Bonchev–Trinajstić information content (AvgIpc) is 2.69. The van der Waals surface area contributed by atoms with E-state index in [0.717, 1.165) is 24.3 Å². The zero-order chi connectivity index (χ0) is 20.1. The molecule has 10 heteroatoms. The van der Waals surface area contributed by atoms with Crippen molar-refractivity contribution >= 4 is 17.1 Å². The first-order chi connectivity index (χ1) is 13.5. The second-order valence-electron chi connectivity index (χ2n) is 5.53. The lowest BCUT2D eigenvalue weighted by atomic mass is 10.2. The third-order valence-electron chi connectivity index (χ3n) is 3.63. The second kappa shape index (κ2) is 7.91. The predicted octanol–water partition coefficient (Wildman–Crippen LogP) is 0.752. The van der Waals surface area contributed by atoms with Crippen molar-refractivity contribution in [3.8, 4) is 5.75 Å². The number of nitro groups is 1. The molecule has 0 aromatic heterocycles. The molecule has 0 amide bonds. The van der Waals surface area contributed by atoms with Crippen LogP contribution in [-0.4, -0.2) is 10.0 Å². The number of non-ortho nitro benzene ring substituents is 1. The first kappa shape index (κ1) is 18.5. The molecule has 3 aromatic rings. The van der Waals surface area contributed by atoms with Crippen LogP contribution in [0.15, 0.2) is 80.5 Å². The largest absolute Gasteiger partial charge is 0.506 e. The zero-order valence-corrected chi connectivity index (χ0v) is 14.2. The Morgan fingerprint density at radius 3 is 2.39 bits per heavy atom. The minimum Gasteiger partial charge on any atom is -0.506 e. The fraction of sp³-hybridized carbons (Fsp3) is 0. The van der Waals surface area contributed by atoms with Crippen LogP contribution in [0.2, 0.25) is 0 Å². The first-order valence-corrected chi connectivity index (χ1v) is 7.92. The standard InChI is InChI=1S/C18H13N5O5/c24-15-8-6-12(23(27)28)10-14(15)21-20-13-7-9-16(25)17(18(13)26)22-19-11-4-2-1-3-5-11/h1-10,19,21,24H. The summed E-state index contributed by atoms with van der Waals surface area (Å²) in [4.78, 5) is 34.6. The molecule has 28 heavy (non-hydrogen) atoms. The van der Waals surface area contributed by atoms with Crippen LogP contribution < -0.4 is 32.4 Å². The third-order valence-corrected chi connectivity index (χ3v) is 3.63. The molecule has 0 saturated heterocycles. The minimum absolute atomic E-state index is 0.0688. The summed E-state index contributed by atoms with van der Waals surface area (Å²) in [5.41, 5.74) is 3.93. The SMILES string of the molecule is O=c1ccc(=NNc2cc([N+](=O)[O-])ccc2O)c(=O)c1=NNc1ccccc1. The van der Waals surface area contributed by atoms with Crippen molar-refractivity contribution in [1.29, 1.82) is 0 Å². The molecule has 0 unspecified atom stereocenters. The van der Waals surface area contributed by atoms with E-state index in [1.165, 1.54) is 6.07 Å². The maximum Gasteiger partial charge on any atom is 0.271 e. The Bertz CT molecular complexity index is 1250. The molecule has 0 atom stereocenters. The highest BCUT2D eigenvalue weighted by Gasteiger charge is 2.10. The lowest BCUT2D eigenvalue weighted by molar-refractivity contribution is -0.384. The van der Waals surface area contributed by atoms with Crippen LogP contribution in [-0.2, 0) is 0 Å². The van der Waals surface area contributed by atoms with Crippen LogP contribution in [0.3, 0.4) is 0 Å². The van der Waals surface area contributed by atoms with Crippen molar-refractivity contribution in [1.82, 2.24) is 0 Å². The highest BCUT2D eigenvalue weighted by molar-refractivity contribution is 5.60. The smallest absolute Gasteiger partial charge is 0.271 e. The van der Waals surface area contributed by atoms with E-state index in [-0.39, 0.29) is 27.8 Å². The lowest BCUT2D eigenvalue weighted by Crippen LogP contribution is -2.47. The molecule has 3 aromatic carbocycles. The van der Waals surface area contributed by atoms with Crippen molar-refractivity contribution < 1.29 is 10.0 Å². The van der Waals surface area contributed by atoms with Crippen molar-refractivity contribution in [3.63, 3.8) is 0 Å². The van der Waals surface area contributed by atoms with Gasteiger partial charge in [-0.15, -0.1) is 0 Å². The van der Waals surface area contributed by atoms with E-state index in [2.05, 4.69) is 21.1 Å². The van der Waals surface area contributed by atoms with Gasteiger partial charge in [-0.1, -0.05) is 18.2 Å². The number of nitro benzene ring substituents is 1. The van der Waals surface area contributed by atoms with Crippen molar-refractivity contribution in [2.24, 2.45) is 10.2 Å². The highest BCUT2D eigenvalue weighted by Crippen LogP contribution is 2.27. The number of para-hydroxylation sites is 1. The number of hydrogen-bond acceptors (Lipinski definition) is 9. The van der Waals surface area contributed by atoms with Crippen LogP contribution in [0.25, 0.3) is 0 Å². The molecule has 0 saturated carbocycles. The molecule has 3 N–H and O–H groups in total. The van der Waals surface area contributed by atoms with Crippen molar-refractivity contribution in [3.05, 3.63) is 102 Å². The fourth-order valence-electron chi connectivity index (χ4n) is 2.22. The molecule has 0 radical (unpaired) electrons. The maximum atomic E-state index is 12.5. The molecule has 10 nitrogen and oxygen atoms in total. The Balaban J connectivity index is 1.98. The van der Waals surface area contributed by atoms with E-state index >= 15 is 0 Å². The quantitative estimate of drug-likeness (QED) is 0.337. The maximum absolute atomic E-state index is 12.5. The third kappa shape index (κ3) is 4.07. The molecular formula is C18H13N5O5. The fourth-order valence-corrected chi connectivity index (χ4v) is 2.22. The molecular weight excluding hydrogens is 366 g/mol. The van der Waals surface area contributed by atoms with E-state index < -0.39 is 15.8 Å². The molecule has 0 bridgehead atoms. The Hall–Kier alpha value is -4.34. The summed E-state index contributed by atoms with van der Waals surface area (Å²) < 4.78 is 0. The molecule has 3 rings (SSSR count). The van der Waals surface area contributed by atoms with E-state index in [9.17, 15) is 24.8 Å². The number of nitrogens with zero attached hydrogens (tertiary/aromatic N) is 3. The molecule has 0 aliphatic rings. The molecule has 0 aliphatic carbocycles. The van der Waals surface area contributed by atoms with Gasteiger partial charge < -0.3 is 5.11 Å². The van der Waals surface area contributed by atoms with Gasteiger partial charge >= 0.3 is 0 Å². The Labute approximate surface area is 156 Å². The van der Waals surface area contributed by atoms with E-state index in [1.807, 2.05) is 0 Å². The van der Waals surface area contributed by atoms with Gasteiger partial charge in [0.2, 0.25) is 10.9 Å². The van der Waals surface area contributed by atoms with Gasteiger partial charge in [0.05, 0.1) is 10.6 Å². The molecule has 0 spiro atoms. The van der Waals surface area contributed by atoms with Crippen molar-refractivity contribution in [2.75, 3.05) is 10.9 Å². The molecule has 140 valence electrons. The number of nitrogens with one attached hydrogen (secondary N) is 2. The van der Waals surface area contributed by atoms with Gasteiger partial charge in [-0.05, 0) is 30.3 Å². The van der Waals surface area contributed by atoms with Crippen molar-refractivity contribution in [2.45, 2.75) is 0 Å². The van der Waals surface area contributed by atoms with Gasteiger partial charge in [-0.3, -0.25) is 30.6 Å². The summed E-state index contributed by atoms with van der Waals surface area (Å²) in [7, 11) is 0. The average molecular weight is 379 g/mol. The van der Waals surface area contributed by atoms with Crippen LogP contribution >= 0.6 is 0 Å². The number of benzene rings is 3. The summed E-state index contributed by atoms with van der Waals surface area (Å²) in [6.07, 6.45) is 0. The predicted molar refractivity (Wildman–Crippen MR) is 101 cm³/mol. The number of anilines is 2. The second-order valence-corrected chi connectivity index (χ2v) is 5.53. The Morgan fingerprint density at radius 2 is 1.68 bits per heavy atom. The number of hydrogen-bond donors (Lipinski definition) is 3. The number of rotatable bonds is 5. The van der Waals surface area contributed by atoms with Crippen LogP contribution in [0.1, 0.15) is 0 Å². The molecule has 0 fully saturated rings. The van der Waals surface area contributed by atoms with Gasteiger partial charge in [0.1, 0.15) is 16.8 Å². The summed E-state index contributed by atoms with van der Waals surface area (Å²) in [5, 5.41) is 27.7. The Morgan fingerprint density at radius 1 is 0.929 bits per heavy atom. The topological polar surface area (TPSA) is 146 Å². The first-order valence-electron chi connectivity index (χ1n) is 7.92. The number of phenolic OH excluding ortho intramolecular Hbond substituents is 1. The summed E-state index contributed by atoms with van der Waals surface area (Å²) in [6, 6.07) is 14.4. The lowest BCUT2D eigenvalue weighted by Gasteiger charge is -2.02. The Kier molecular flexibility index (Phi) is 5.21. The number of phenols is 1. The summed E-state index contributed by atoms with van der Waals surface area (Å²) in [6.45, 7) is 0. The van der Waals surface area contributed by atoms with E-state index in [1.54, 1.807) is 30.3 Å². The number of aromatic hydroxyl groups is 1. The van der Waals surface area contributed by atoms with Crippen LogP contribution in [0.5, 0.6) is 5.75 Å². The van der Waals surface area contributed by atoms with Gasteiger partial charge in [-0.2, -0.15) is 10.2 Å². The van der Waals surface area contributed by atoms with Crippen LogP contribution in [0.4, 0.5) is 17.1 Å². The van der Waals surface area contributed by atoms with Gasteiger partial charge in [0.15, 0.2) is 5.36 Å². The molecule has 0 aliphatic heterocycles. The molecule has 0 heterocycles. The van der Waals surface area contributed by atoms with E-state index in [0.29, 0.717) is 5.69 Å².